The molecule has 3 aromatic rings. The highest BCUT2D eigenvalue weighted by Gasteiger charge is 2.19. The predicted molar refractivity (Wildman–Crippen MR) is 104 cm³/mol. The number of benzene rings is 2. The van der Waals surface area contributed by atoms with E-state index in [1.807, 2.05) is 5.38 Å². The first kappa shape index (κ1) is 18.9. The number of ether oxygens (including phenoxy) is 2. The molecule has 0 atom stereocenters. The van der Waals surface area contributed by atoms with Crippen LogP contribution in [0, 0.1) is 5.82 Å². The Labute approximate surface area is 166 Å². The van der Waals surface area contributed by atoms with Crippen LogP contribution in [0.1, 0.15) is 5.69 Å². The van der Waals surface area contributed by atoms with Crippen molar-refractivity contribution in [1.82, 2.24) is 9.71 Å². The van der Waals surface area contributed by atoms with Crippen molar-refractivity contribution in [1.29, 1.82) is 0 Å². The van der Waals surface area contributed by atoms with Gasteiger partial charge in [-0.3, -0.25) is 0 Å². The molecular weight excluding hydrogens is 403 g/mol. The van der Waals surface area contributed by atoms with Gasteiger partial charge in [-0.2, -0.15) is 0 Å². The van der Waals surface area contributed by atoms with Gasteiger partial charge in [-0.1, -0.05) is 12.1 Å². The molecule has 28 heavy (non-hydrogen) atoms. The van der Waals surface area contributed by atoms with Crippen molar-refractivity contribution in [2.24, 2.45) is 0 Å². The second-order valence-corrected chi connectivity index (χ2v) is 8.73. The largest absolute Gasteiger partial charge is 0.486 e. The van der Waals surface area contributed by atoms with E-state index < -0.39 is 10.0 Å². The molecule has 1 aromatic heterocycles. The quantitative estimate of drug-likeness (QED) is 0.663. The number of sulfonamides is 1. The number of nitrogens with one attached hydrogen (secondary N) is 1. The van der Waals surface area contributed by atoms with E-state index in [0.29, 0.717) is 41.7 Å². The number of thiazole rings is 1. The van der Waals surface area contributed by atoms with Gasteiger partial charge in [0.2, 0.25) is 10.0 Å². The SMILES string of the molecule is O=S(=O)(NCCc1csc(-c2cccc(F)c2)n1)c1ccc2c(c1)OCCO2. The van der Waals surface area contributed by atoms with E-state index in [4.69, 9.17) is 9.47 Å². The molecule has 146 valence electrons. The molecule has 0 bridgehead atoms. The monoisotopic (exact) mass is 420 g/mol. The number of hydrogen-bond donors (Lipinski definition) is 1. The zero-order chi connectivity index (χ0) is 19.6. The van der Waals surface area contributed by atoms with Gasteiger partial charge in [0.05, 0.1) is 10.6 Å². The van der Waals surface area contributed by atoms with Gasteiger partial charge in [0.15, 0.2) is 11.5 Å². The second-order valence-electron chi connectivity index (χ2n) is 6.11. The van der Waals surface area contributed by atoms with Crippen molar-refractivity contribution in [3.63, 3.8) is 0 Å². The molecule has 0 unspecified atom stereocenters. The maximum Gasteiger partial charge on any atom is 0.240 e. The van der Waals surface area contributed by atoms with Crippen molar-refractivity contribution in [3.05, 3.63) is 59.4 Å². The van der Waals surface area contributed by atoms with E-state index in [9.17, 15) is 12.8 Å². The zero-order valence-corrected chi connectivity index (χ0v) is 16.4. The second kappa shape index (κ2) is 7.86. The third-order valence-electron chi connectivity index (χ3n) is 4.12. The Morgan fingerprint density at radius 1 is 1.11 bits per heavy atom. The highest BCUT2D eigenvalue weighted by Crippen LogP contribution is 2.32. The van der Waals surface area contributed by atoms with Crippen LogP contribution >= 0.6 is 11.3 Å². The van der Waals surface area contributed by atoms with Crippen LogP contribution < -0.4 is 14.2 Å². The molecule has 0 saturated heterocycles. The summed E-state index contributed by atoms with van der Waals surface area (Å²) < 4.78 is 51.8. The Morgan fingerprint density at radius 3 is 2.75 bits per heavy atom. The lowest BCUT2D eigenvalue weighted by molar-refractivity contribution is 0.171. The normalized spacial score (nSPS) is 13.5. The first-order chi connectivity index (χ1) is 13.5. The average Bonchev–Trinajstić information content (AvgIpc) is 3.16. The molecule has 0 spiro atoms. The van der Waals surface area contributed by atoms with Crippen LogP contribution in [0.3, 0.4) is 0 Å². The molecule has 6 nitrogen and oxygen atoms in total. The Morgan fingerprint density at radius 2 is 1.93 bits per heavy atom. The topological polar surface area (TPSA) is 77.5 Å². The van der Waals surface area contributed by atoms with Crippen LogP contribution in [0.2, 0.25) is 0 Å². The first-order valence-electron chi connectivity index (χ1n) is 8.61. The van der Waals surface area contributed by atoms with E-state index in [-0.39, 0.29) is 17.3 Å². The van der Waals surface area contributed by atoms with Gasteiger partial charge in [0.1, 0.15) is 24.0 Å². The molecule has 0 aliphatic carbocycles. The summed E-state index contributed by atoms with van der Waals surface area (Å²) in [5, 5.41) is 2.54. The summed E-state index contributed by atoms with van der Waals surface area (Å²) in [5.41, 5.74) is 1.45. The van der Waals surface area contributed by atoms with Crippen LogP contribution in [-0.2, 0) is 16.4 Å². The molecule has 1 N–H and O–H groups in total. The fourth-order valence-electron chi connectivity index (χ4n) is 2.76. The van der Waals surface area contributed by atoms with Crippen molar-refractivity contribution in [2.45, 2.75) is 11.3 Å². The van der Waals surface area contributed by atoms with Crippen LogP contribution in [0.25, 0.3) is 10.6 Å². The minimum atomic E-state index is -3.67. The van der Waals surface area contributed by atoms with Gasteiger partial charge < -0.3 is 9.47 Å². The van der Waals surface area contributed by atoms with Crippen LogP contribution in [0.15, 0.2) is 52.7 Å². The highest BCUT2D eigenvalue weighted by molar-refractivity contribution is 7.89. The van der Waals surface area contributed by atoms with E-state index in [1.165, 1.54) is 35.6 Å². The predicted octanol–water partition coefficient (Wildman–Crippen LogP) is 3.24. The summed E-state index contributed by atoms with van der Waals surface area (Å²) in [6, 6.07) is 10.8. The lowest BCUT2D eigenvalue weighted by Crippen LogP contribution is -2.26. The van der Waals surface area contributed by atoms with Crippen molar-refractivity contribution in [3.8, 4) is 22.1 Å². The molecule has 2 heterocycles. The number of aromatic nitrogens is 1. The smallest absolute Gasteiger partial charge is 0.240 e. The molecule has 9 heteroatoms. The number of nitrogens with zero attached hydrogens (tertiary/aromatic N) is 1. The summed E-state index contributed by atoms with van der Waals surface area (Å²) >= 11 is 1.40. The fraction of sp³-hybridized carbons (Fsp3) is 0.211. The first-order valence-corrected chi connectivity index (χ1v) is 11.0. The molecule has 0 fully saturated rings. The molecular formula is C19H17FN2O4S2. The fourth-order valence-corrected chi connectivity index (χ4v) is 4.66. The van der Waals surface area contributed by atoms with Crippen LogP contribution in [0.5, 0.6) is 11.5 Å². The average molecular weight is 420 g/mol. The number of fused-ring (bicyclic) bond motifs is 1. The summed E-state index contributed by atoms with van der Waals surface area (Å²) in [6.45, 7) is 1.03. The van der Waals surface area contributed by atoms with Gasteiger partial charge >= 0.3 is 0 Å². The van der Waals surface area contributed by atoms with E-state index in [1.54, 1.807) is 18.2 Å². The van der Waals surface area contributed by atoms with Gasteiger partial charge in [0.25, 0.3) is 0 Å². The molecule has 4 rings (SSSR count). The van der Waals surface area contributed by atoms with Gasteiger partial charge in [-0.05, 0) is 24.3 Å². The Balaban J connectivity index is 1.39. The highest BCUT2D eigenvalue weighted by atomic mass is 32.2. The summed E-state index contributed by atoms with van der Waals surface area (Å²) in [7, 11) is -3.67. The summed E-state index contributed by atoms with van der Waals surface area (Å²) in [4.78, 5) is 4.57. The van der Waals surface area contributed by atoms with Crippen molar-refractivity contribution < 1.29 is 22.3 Å². The standard InChI is InChI=1S/C19H17FN2O4S2/c20-14-3-1-2-13(10-14)19-22-15(12-27-19)6-7-21-28(23,24)16-4-5-17-18(11-16)26-9-8-25-17/h1-5,10-12,21H,6-9H2. The Hall–Kier alpha value is -2.49. The molecule has 1 aliphatic rings. The van der Waals surface area contributed by atoms with E-state index in [0.717, 1.165) is 5.69 Å². The van der Waals surface area contributed by atoms with Gasteiger partial charge in [-0.15, -0.1) is 11.3 Å². The van der Waals surface area contributed by atoms with Gasteiger partial charge in [0, 0.05) is 30.0 Å². The number of rotatable bonds is 6. The van der Waals surface area contributed by atoms with Crippen molar-refractivity contribution >= 4 is 21.4 Å². The summed E-state index contributed by atoms with van der Waals surface area (Å²) in [5.74, 6) is 0.646. The Bertz CT molecular complexity index is 1100. The molecule has 1 aliphatic heterocycles. The number of hydrogen-bond acceptors (Lipinski definition) is 6. The lowest BCUT2D eigenvalue weighted by atomic mass is 10.2. The third-order valence-corrected chi connectivity index (χ3v) is 6.52. The summed E-state index contributed by atoms with van der Waals surface area (Å²) in [6.07, 6.45) is 0.426. The minimum Gasteiger partial charge on any atom is -0.486 e. The zero-order valence-electron chi connectivity index (χ0n) is 14.7. The van der Waals surface area contributed by atoms with Crippen LogP contribution in [0.4, 0.5) is 4.39 Å². The van der Waals surface area contributed by atoms with Crippen molar-refractivity contribution in [2.75, 3.05) is 19.8 Å². The van der Waals surface area contributed by atoms with Gasteiger partial charge in [-0.25, -0.2) is 22.5 Å². The molecule has 2 aromatic carbocycles. The minimum absolute atomic E-state index is 0.121. The van der Waals surface area contributed by atoms with Crippen LogP contribution in [-0.4, -0.2) is 33.2 Å². The maximum absolute atomic E-state index is 13.3. The molecule has 0 amide bonds. The van der Waals surface area contributed by atoms with E-state index in [2.05, 4.69) is 9.71 Å². The third kappa shape index (κ3) is 4.16. The number of halogens is 1. The molecule has 0 radical (unpaired) electrons. The maximum atomic E-state index is 13.3. The lowest BCUT2D eigenvalue weighted by Gasteiger charge is -2.18. The Kier molecular flexibility index (Phi) is 5.29. The van der Waals surface area contributed by atoms with E-state index >= 15 is 0 Å². The molecule has 0 saturated carbocycles.